The van der Waals surface area contributed by atoms with Crippen LogP contribution in [-0.4, -0.2) is 54.4 Å². The van der Waals surface area contributed by atoms with Crippen molar-refractivity contribution in [2.45, 2.75) is 25.9 Å². The van der Waals surface area contributed by atoms with Crippen LogP contribution < -0.4 is 5.32 Å². The maximum Gasteiger partial charge on any atom is 0.317 e. The number of amides is 2. The van der Waals surface area contributed by atoms with Gasteiger partial charge in [0.15, 0.2) is 0 Å². The predicted molar refractivity (Wildman–Crippen MR) is 64.2 cm³/mol. The Morgan fingerprint density at radius 1 is 1.44 bits per heavy atom. The largest absolute Gasteiger partial charge is 0.481 e. The summed E-state index contributed by atoms with van der Waals surface area (Å²) in [7, 11) is 0. The van der Waals surface area contributed by atoms with Gasteiger partial charge in [0.2, 0.25) is 0 Å². The van der Waals surface area contributed by atoms with Crippen LogP contribution in [0.1, 0.15) is 19.8 Å². The van der Waals surface area contributed by atoms with Gasteiger partial charge in [-0.15, -0.1) is 0 Å². The standard InChI is InChI=1S/C12H20N2O4/c1-2-10-8(3-4-18-10)5-13-12(17)14-6-9(7-14)11(15)16/h8-10H,2-7H2,1H3,(H,13,17)(H,15,16). The van der Waals surface area contributed by atoms with Crippen molar-refractivity contribution < 1.29 is 19.4 Å². The Morgan fingerprint density at radius 2 is 2.17 bits per heavy atom. The Labute approximate surface area is 106 Å². The van der Waals surface area contributed by atoms with Gasteiger partial charge in [-0.2, -0.15) is 0 Å². The Balaban J connectivity index is 1.68. The summed E-state index contributed by atoms with van der Waals surface area (Å²) in [6, 6.07) is -0.158. The molecule has 0 aliphatic carbocycles. The van der Waals surface area contributed by atoms with Gasteiger partial charge in [0.05, 0.1) is 12.0 Å². The van der Waals surface area contributed by atoms with E-state index in [2.05, 4.69) is 12.2 Å². The lowest BCUT2D eigenvalue weighted by atomic mass is 9.99. The van der Waals surface area contributed by atoms with E-state index < -0.39 is 11.9 Å². The van der Waals surface area contributed by atoms with Crippen molar-refractivity contribution in [3.8, 4) is 0 Å². The molecule has 6 nitrogen and oxygen atoms in total. The number of likely N-dealkylation sites (tertiary alicyclic amines) is 1. The molecule has 0 bridgehead atoms. The van der Waals surface area contributed by atoms with Crippen LogP contribution in [0, 0.1) is 11.8 Å². The zero-order valence-corrected chi connectivity index (χ0v) is 10.6. The summed E-state index contributed by atoms with van der Waals surface area (Å²) in [5.41, 5.74) is 0. The molecule has 0 spiro atoms. The van der Waals surface area contributed by atoms with Crippen LogP contribution in [0.2, 0.25) is 0 Å². The number of hydrogen-bond donors (Lipinski definition) is 2. The van der Waals surface area contributed by atoms with E-state index in [1.807, 2.05) is 0 Å². The normalized spacial score (nSPS) is 27.9. The van der Waals surface area contributed by atoms with Gasteiger partial charge in [0.25, 0.3) is 0 Å². The molecule has 0 aromatic heterocycles. The molecule has 2 N–H and O–H groups in total. The summed E-state index contributed by atoms with van der Waals surface area (Å²) in [4.78, 5) is 23.9. The molecule has 102 valence electrons. The lowest BCUT2D eigenvalue weighted by molar-refractivity contribution is -0.146. The van der Waals surface area contributed by atoms with Crippen molar-refractivity contribution in [3.63, 3.8) is 0 Å². The van der Waals surface area contributed by atoms with E-state index in [1.165, 1.54) is 4.90 Å². The van der Waals surface area contributed by atoms with Gasteiger partial charge in [-0.05, 0) is 12.8 Å². The monoisotopic (exact) mass is 256 g/mol. The SMILES string of the molecule is CCC1OCCC1CNC(=O)N1CC(C(=O)O)C1. The highest BCUT2D eigenvalue weighted by Gasteiger charge is 2.36. The lowest BCUT2D eigenvalue weighted by Crippen LogP contribution is -2.56. The molecule has 2 rings (SSSR count). The number of aliphatic carboxylic acids is 1. The lowest BCUT2D eigenvalue weighted by Gasteiger charge is -2.36. The Bertz CT molecular complexity index is 328. The zero-order valence-electron chi connectivity index (χ0n) is 10.6. The first-order valence-electron chi connectivity index (χ1n) is 6.49. The smallest absolute Gasteiger partial charge is 0.317 e. The second-order valence-electron chi connectivity index (χ2n) is 4.99. The third-order valence-electron chi connectivity index (χ3n) is 3.78. The minimum atomic E-state index is -0.825. The molecule has 2 saturated heterocycles. The van der Waals surface area contributed by atoms with E-state index >= 15 is 0 Å². The first kappa shape index (κ1) is 13.1. The number of carboxylic acid groups (broad SMARTS) is 1. The number of carbonyl (C=O) groups excluding carboxylic acids is 1. The van der Waals surface area contributed by atoms with Gasteiger partial charge in [0, 0.05) is 32.2 Å². The summed E-state index contributed by atoms with van der Waals surface area (Å²) < 4.78 is 5.55. The highest BCUT2D eigenvalue weighted by atomic mass is 16.5. The third kappa shape index (κ3) is 2.75. The highest BCUT2D eigenvalue weighted by molar-refractivity contribution is 5.79. The van der Waals surface area contributed by atoms with E-state index in [-0.39, 0.29) is 12.1 Å². The second-order valence-corrected chi connectivity index (χ2v) is 4.99. The molecular formula is C12H20N2O4. The molecule has 2 aliphatic heterocycles. The van der Waals surface area contributed by atoms with Crippen molar-refractivity contribution >= 4 is 12.0 Å². The number of rotatable bonds is 4. The number of nitrogens with zero attached hydrogens (tertiary/aromatic N) is 1. The molecule has 0 aromatic carbocycles. The van der Waals surface area contributed by atoms with Gasteiger partial charge >= 0.3 is 12.0 Å². The van der Waals surface area contributed by atoms with Gasteiger partial charge in [-0.3, -0.25) is 4.79 Å². The van der Waals surface area contributed by atoms with E-state index in [9.17, 15) is 9.59 Å². The number of carbonyl (C=O) groups is 2. The van der Waals surface area contributed by atoms with Crippen molar-refractivity contribution in [1.29, 1.82) is 0 Å². The molecule has 0 radical (unpaired) electrons. The van der Waals surface area contributed by atoms with Crippen molar-refractivity contribution in [2.75, 3.05) is 26.2 Å². The summed E-state index contributed by atoms with van der Waals surface area (Å²) in [6.07, 6.45) is 2.19. The first-order chi connectivity index (χ1) is 8.61. The fourth-order valence-corrected chi connectivity index (χ4v) is 2.51. The molecule has 2 fully saturated rings. The second kappa shape index (κ2) is 5.56. The van der Waals surface area contributed by atoms with Crippen LogP contribution in [0.25, 0.3) is 0 Å². The average Bonchev–Trinajstić information content (AvgIpc) is 2.70. The molecule has 2 unspecified atom stereocenters. The van der Waals surface area contributed by atoms with Crippen LogP contribution in [0.5, 0.6) is 0 Å². The minimum Gasteiger partial charge on any atom is -0.481 e. The minimum absolute atomic E-state index is 0.158. The zero-order chi connectivity index (χ0) is 13.1. The van der Waals surface area contributed by atoms with Crippen LogP contribution in [0.15, 0.2) is 0 Å². The summed E-state index contributed by atoms with van der Waals surface area (Å²) in [5, 5.41) is 11.6. The van der Waals surface area contributed by atoms with Gasteiger partial charge in [0.1, 0.15) is 0 Å². The summed E-state index contributed by atoms with van der Waals surface area (Å²) >= 11 is 0. The average molecular weight is 256 g/mol. The molecule has 18 heavy (non-hydrogen) atoms. The van der Waals surface area contributed by atoms with E-state index in [0.717, 1.165) is 19.4 Å². The van der Waals surface area contributed by atoms with Crippen LogP contribution in [0.3, 0.4) is 0 Å². The Morgan fingerprint density at radius 3 is 2.78 bits per heavy atom. The van der Waals surface area contributed by atoms with E-state index in [0.29, 0.717) is 25.6 Å². The molecule has 0 aromatic rings. The number of nitrogens with one attached hydrogen (secondary N) is 1. The molecule has 0 saturated carbocycles. The topological polar surface area (TPSA) is 78.9 Å². The van der Waals surface area contributed by atoms with Gasteiger partial charge in [-0.25, -0.2) is 4.79 Å². The van der Waals surface area contributed by atoms with Crippen LogP contribution in [-0.2, 0) is 9.53 Å². The molecule has 2 heterocycles. The van der Waals surface area contributed by atoms with Gasteiger partial charge in [-0.1, -0.05) is 6.92 Å². The molecule has 2 aliphatic rings. The summed E-state index contributed by atoms with van der Waals surface area (Å²) in [6.45, 7) is 4.10. The molecule has 2 amide bonds. The quantitative estimate of drug-likeness (QED) is 0.769. The summed E-state index contributed by atoms with van der Waals surface area (Å²) in [5.74, 6) is -0.834. The van der Waals surface area contributed by atoms with Crippen LogP contribution in [0.4, 0.5) is 4.79 Å². The van der Waals surface area contributed by atoms with Crippen LogP contribution >= 0.6 is 0 Å². The Kier molecular flexibility index (Phi) is 4.06. The third-order valence-corrected chi connectivity index (χ3v) is 3.78. The number of carboxylic acids is 1. The van der Waals surface area contributed by atoms with Crippen molar-refractivity contribution in [2.24, 2.45) is 11.8 Å². The maximum atomic E-state index is 11.7. The van der Waals surface area contributed by atoms with Crippen molar-refractivity contribution in [1.82, 2.24) is 10.2 Å². The fraction of sp³-hybridized carbons (Fsp3) is 0.833. The maximum absolute atomic E-state index is 11.7. The van der Waals surface area contributed by atoms with Crippen molar-refractivity contribution in [3.05, 3.63) is 0 Å². The van der Waals surface area contributed by atoms with Gasteiger partial charge < -0.3 is 20.1 Å². The Hall–Kier alpha value is -1.30. The molecule has 2 atom stereocenters. The molecule has 6 heteroatoms. The fourth-order valence-electron chi connectivity index (χ4n) is 2.51. The van der Waals surface area contributed by atoms with E-state index in [1.54, 1.807) is 0 Å². The van der Waals surface area contributed by atoms with E-state index in [4.69, 9.17) is 9.84 Å². The molecular weight excluding hydrogens is 236 g/mol. The predicted octanol–water partition coefficient (Wildman–Crippen LogP) is 0.527. The first-order valence-corrected chi connectivity index (χ1v) is 6.49. The number of ether oxygens (including phenoxy) is 1. The number of hydrogen-bond acceptors (Lipinski definition) is 3. The highest BCUT2D eigenvalue weighted by Crippen LogP contribution is 2.23. The number of urea groups is 1.